The number of urea groups is 1. The lowest BCUT2D eigenvalue weighted by molar-refractivity contribution is -0.137. The van der Waals surface area contributed by atoms with E-state index < -0.39 is 30.0 Å². The highest BCUT2D eigenvalue weighted by atomic mass is 35.5. The molecule has 4 N–H and O–H groups in total. The molecule has 1 aliphatic rings. The summed E-state index contributed by atoms with van der Waals surface area (Å²) >= 11 is 6.43. The van der Waals surface area contributed by atoms with E-state index in [-0.39, 0.29) is 24.1 Å². The number of anilines is 1. The zero-order valence-corrected chi connectivity index (χ0v) is 22.8. The van der Waals surface area contributed by atoms with Crippen LogP contribution in [-0.4, -0.2) is 32.9 Å². The monoisotopic (exact) mass is 553 g/mol. The Balaban J connectivity index is 1.65. The van der Waals surface area contributed by atoms with Crippen molar-refractivity contribution >= 4 is 29.3 Å². The summed E-state index contributed by atoms with van der Waals surface area (Å²) in [6.07, 6.45) is 1.45. The number of halogens is 1. The van der Waals surface area contributed by atoms with E-state index in [4.69, 9.17) is 16.3 Å². The number of carbonyl (C=O) groups is 2. The number of benzene rings is 2. The highest BCUT2D eigenvalue weighted by molar-refractivity contribution is 6.31. The first-order chi connectivity index (χ1) is 18.5. The van der Waals surface area contributed by atoms with Crippen molar-refractivity contribution < 1.29 is 24.5 Å². The minimum absolute atomic E-state index is 0.0889. The molecule has 1 atom stereocenters. The van der Waals surface area contributed by atoms with Gasteiger partial charge in [-0.2, -0.15) is 0 Å². The molecule has 4 rings (SSSR count). The fourth-order valence-corrected chi connectivity index (χ4v) is 5.19. The van der Waals surface area contributed by atoms with Gasteiger partial charge in [-0.25, -0.2) is 4.79 Å². The lowest BCUT2D eigenvalue weighted by Crippen LogP contribution is -2.37. The van der Waals surface area contributed by atoms with Gasteiger partial charge in [0.15, 0.2) is 5.69 Å². The number of aromatic nitrogens is 1. The first-order valence-electron chi connectivity index (χ1n) is 12.8. The Morgan fingerprint density at radius 3 is 2.59 bits per heavy atom. The van der Waals surface area contributed by atoms with Crippen molar-refractivity contribution in [1.29, 1.82) is 0 Å². The number of hydrogen-bond acceptors (Lipinski definition) is 5. The molecule has 0 fully saturated rings. The van der Waals surface area contributed by atoms with Gasteiger partial charge in [-0.1, -0.05) is 35.9 Å². The van der Waals surface area contributed by atoms with Crippen molar-refractivity contribution in [2.45, 2.75) is 65.1 Å². The average Bonchev–Trinajstić information content (AvgIpc) is 3.35. The van der Waals surface area contributed by atoms with E-state index in [9.17, 15) is 24.6 Å². The number of carboxylic acids is 1. The van der Waals surface area contributed by atoms with E-state index in [0.29, 0.717) is 40.4 Å². The summed E-state index contributed by atoms with van der Waals surface area (Å²) in [5.74, 6) is -0.848. The number of hydrogen-bond donors (Lipinski definition) is 4. The topological polar surface area (TPSA) is 130 Å². The Labute approximate surface area is 231 Å². The number of pyridine rings is 1. The maximum absolute atomic E-state index is 13.6. The van der Waals surface area contributed by atoms with Crippen LogP contribution >= 0.6 is 11.6 Å². The van der Waals surface area contributed by atoms with Gasteiger partial charge in [-0.3, -0.25) is 9.59 Å². The number of fused-ring (bicyclic) bond motifs is 1. The summed E-state index contributed by atoms with van der Waals surface area (Å²) in [5.41, 5.74) is 2.72. The van der Waals surface area contributed by atoms with Crippen molar-refractivity contribution in [3.8, 4) is 11.5 Å². The molecule has 0 unspecified atom stereocenters. The van der Waals surface area contributed by atoms with Crippen LogP contribution in [-0.2, 0) is 24.2 Å². The van der Waals surface area contributed by atoms with Gasteiger partial charge in [0.1, 0.15) is 11.5 Å². The molecule has 0 radical (unpaired) electrons. The van der Waals surface area contributed by atoms with Gasteiger partial charge in [0.05, 0.1) is 25.1 Å². The van der Waals surface area contributed by atoms with Crippen LogP contribution in [0.15, 0.2) is 47.3 Å². The average molecular weight is 554 g/mol. The minimum atomic E-state index is -1.12. The van der Waals surface area contributed by atoms with Crippen LogP contribution in [0.4, 0.5) is 10.5 Å². The molecule has 0 aliphatic heterocycles. The standard InChI is InChI=1S/C29H32ClN3O6/c1-16(2)39-19-9-5-8-18(13-19)23(14-25(34)35)31-29(38)32-26-27(36)20-10-6-12-24(20)33(28(26)37)15-21-17(3)7-4-11-22(21)30/h4-5,7-9,11,13,16,23,36H,6,10,12,14-15H2,1-3H3,(H,34,35)(H2,31,32,38)/t23-/m0/s1. The predicted molar refractivity (Wildman–Crippen MR) is 149 cm³/mol. The van der Waals surface area contributed by atoms with E-state index in [1.165, 1.54) is 0 Å². The molecule has 3 aromatic rings. The zero-order valence-electron chi connectivity index (χ0n) is 22.1. The molecule has 0 spiro atoms. The molecule has 206 valence electrons. The number of rotatable bonds is 9. The van der Waals surface area contributed by atoms with Crippen LogP contribution in [0.25, 0.3) is 0 Å². The van der Waals surface area contributed by atoms with Gasteiger partial charge < -0.3 is 30.2 Å². The van der Waals surface area contributed by atoms with Crippen LogP contribution < -0.4 is 20.9 Å². The van der Waals surface area contributed by atoms with E-state index in [2.05, 4.69) is 10.6 Å². The number of carboxylic acid groups (broad SMARTS) is 1. The van der Waals surface area contributed by atoms with Crippen LogP contribution in [0.3, 0.4) is 0 Å². The lowest BCUT2D eigenvalue weighted by atomic mass is 10.0. The third-order valence-corrected chi connectivity index (χ3v) is 7.07. The third-order valence-electron chi connectivity index (χ3n) is 6.72. The summed E-state index contributed by atoms with van der Waals surface area (Å²) in [6, 6.07) is 10.6. The summed E-state index contributed by atoms with van der Waals surface area (Å²) in [6.45, 7) is 5.84. The van der Waals surface area contributed by atoms with E-state index in [1.54, 1.807) is 34.9 Å². The molecule has 39 heavy (non-hydrogen) atoms. The summed E-state index contributed by atoms with van der Waals surface area (Å²) in [4.78, 5) is 38.3. The number of aryl methyl sites for hydroxylation is 1. The molecule has 2 amide bonds. The molecule has 9 nitrogen and oxygen atoms in total. The Bertz CT molecular complexity index is 1450. The second-order valence-electron chi connectivity index (χ2n) is 9.92. The smallest absolute Gasteiger partial charge is 0.319 e. The largest absolute Gasteiger partial charge is 0.505 e. The third kappa shape index (κ3) is 6.37. The molecule has 0 bridgehead atoms. The highest BCUT2D eigenvalue weighted by Crippen LogP contribution is 2.34. The summed E-state index contributed by atoms with van der Waals surface area (Å²) in [7, 11) is 0. The molecule has 0 saturated heterocycles. The molecule has 1 aromatic heterocycles. The molecular formula is C29H32ClN3O6. The molecule has 0 saturated carbocycles. The molecular weight excluding hydrogens is 522 g/mol. The number of aromatic hydroxyl groups is 1. The van der Waals surface area contributed by atoms with Crippen molar-refractivity contribution in [2.75, 3.05) is 5.32 Å². The van der Waals surface area contributed by atoms with Crippen LogP contribution in [0.2, 0.25) is 5.02 Å². The maximum Gasteiger partial charge on any atom is 0.319 e. The van der Waals surface area contributed by atoms with Crippen molar-refractivity contribution in [3.05, 3.63) is 85.8 Å². The number of nitrogens with one attached hydrogen (secondary N) is 2. The van der Waals surface area contributed by atoms with Crippen molar-refractivity contribution in [3.63, 3.8) is 0 Å². The van der Waals surface area contributed by atoms with Gasteiger partial charge in [-0.15, -0.1) is 0 Å². The Morgan fingerprint density at radius 1 is 1.15 bits per heavy atom. The van der Waals surface area contributed by atoms with Gasteiger partial charge in [0.2, 0.25) is 0 Å². The normalized spacial score (nSPS) is 13.2. The van der Waals surface area contributed by atoms with Gasteiger partial charge in [0.25, 0.3) is 5.56 Å². The van der Waals surface area contributed by atoms with Gasteiger partial charge in [-0.05, 0) is 74.9 Å². The van der Waals surface area contributed by atoms with Crippen LogP contribution in [0.5, 0.6) is 11.5 Å². The van der Waals surface area contributed by atoms with E-state index in [1.807, 2.05) is 32.9 Å². The van der Waals surface area contributed by atoms with Crippen molar-refractivity contribution in [2.24, 2.45) is 0 Å². The molecule has 2 aromatic carbocycles. The number of aliphatic carboxylic acids is 1. The lowest BCUT2D eigenvalue weighted by Gasteiger charge is -2.21. The highest BCUT2D eigenvalue weighted by Gasteiger charge is 2.27. The molecule has 1 heterocycles. The Morgan fingerprint density at radius 2 is 1.90 bits per heavy atom. The zero-order chi connectivity index (χ0) is 28.3. The Hall–Kier alpha value is -3.98. The van der Waals surface area contributed by atoms with Crippen LogP contribution in [0.1, 0.15) is 60.7 Å². The Kier molecular flexibility index (Phi) is 8.50. The summed E-state index contributed by atoms with van der Waals surface area (Å²) in [5, 5.41) is 26.1. The fraction of sp³-hybridized carbons (Fsp3) is 0.345. The van der Waals surface area contributed by atoms with E-state index >= 15 is 0 Å². The quantitative estimate of drug-likeness (QED) is 0.289. The minimum Gasteiger partial charge on any atom is -0.505 e. The molecule has 10 heteroatoms. The number of ether oxygens (including phenoxy) is 1. The number of nitrogens with zero attached hydrogens (tertiary/aromatic N) is 1. The van der Waals surface area contributed by atoms with Crippen molar-refractivity contribution in [1.82, 2.24) is 9.88 Å². The SMILES string of the molecule is Cc1cccc(Cl)c1Cn1c2c(c(O)c(NC(=O)N[C@@H](CC(=O)O)c3cccc(OC(C)C)c3)c1=O)CCC2. The first-order valence-corrected chi connectivity index (χ1v) is 13.2. The second-order valence-corrected chi connectivity index (χ2v) is 10.3. The van der Waals surface area contributed by atoms with Gasteiger partial charge >= 0.3 is 12.0 Å². The fourth-order valence-electron chi connectivity index (χ4n) is 4.91. The number of amides is 2. The maximum atomic E-state index is 13.6. The summed E-state index contributed by atoms with van der Waals surface area (Å²) < 4.78 is 7.25. The first kappa shape index (κ1) is 28.0. The second kappa shape index (κ2) is 11.8. The predicted octanol–water partition coefficient (Wildman–Crippen LogP) is 5.18. The van der Waals surface area contributed by atoms with Gasteiger partial charge in [0, 0.05) is 16.3 Å². The molecule has 1 aliphatic carbocycles. The van der Waals surface area contributed by atoms with E-state index in [0.717, 1.165) is 17.5 Å². The van der Waals surface area contributed by atoms with Crippen LogP contribution in [0, 0.1) is 6.92 Å². The number of carbonyl (C=O) groups excluding carboxylic acids is 1.